The van der Waals surface area contributed by atoms with Crippen LogP contribution in [0.25, 0.3) is 0 Å². The normalized spacial score (nSPS) is 13.3. The lowest BCUT2D eigenvalue weighted by molar-refractivity contribution is -0.384. The van der Waals surface area contributed by atoms with Crippen molar-refractivity contribution in [1.82, 2.24) is 4.90 Å². The van der Waals surface area contributed by atoms with Crippen molar-refractivity contribution >= 4 is 23.5 Å². The number of hydrogen-bond donors (Lipinski definition) is 0. The number of allylic oxidation sites excluding steroid dienone is 2. The number of ether oxygens (including phenoxy) is 2. The molecule has 0 saturated heterocycles. The highest BCUT2D eigenvalue weighted by Crippen LogP contribution is 2.22. The summed E-state index contributed by atoms with van der Waals surface area (Å²) in [6.07, 6.45) is 5.79. The van der Waals surface area contributed by atoms with Crippen LogP contribution in [-0.2, 0) is 14.3 Å². The van der Waals surface area contributed by atoms with Crippen molar-refractivity contribution in [3.63, 3.8) is 0 Å². The van der Waals surface area contributed by atoms with Crippen molar-refractivity contribution in [3.05, 3.63) is 51.2 Å². The monoisotopic (exact) mass is 390 g/mol. The van der Waals surface area contributed by atoms with Crippen molar-refractivity contribution in [2.24, 2.45) is 0 Å². The third kappa shape index (κ3) is 5.15. The molecule has 0 spiro atoms. The van der Waals surface area contributed by atoms with Gasteiger partial charge in [0, 0.05) is 24.4 Å². The molecule has 0 fully saturated rings. The van der Waals surface area contributed by atoms with Crippen LogP contribution < -0.4 is 0 Å². The van der Waals surface area contributed by atoms with Gasteiger partial charge >= 0.3 is 11.9 Å². The third-order valence-electron chi connectivity index (χ3n) is 4.34. The summed E-state index contributed by atoms with van der Waals surface area (Å²) in [6.45, 7) is 1.78. The molecular weight excluding hydrogens is 368 g/mol. The van der Waals surface area contributed by atoms with Crippen LogP contribution in [-0.4, -0.2) is 47.9 Å². The number of esters is 2. The molecule has 0 radical (unpaired) electrons. The van der Waals surface area contributed by atoms with Gasteiger partial charge in [0.25, 0.3) is 11.6 Å². The number of carbonyl (C=O) groups is 3. The van der Waals surface area contributed by atoms with Gasteiger partial charge in [-0.15, -0.1) is 0 Å². The molecule has 0 aliphatic heterocycles. The van der Waals surface area contributed by atoms with E-state index in [1.54, 1.807) is 4.90 Å². The van der Waals surface area contributed by atoms with E-state index >= 15 is 0 Å². The minimum absolute atomic E-state index is 0.155. The van der Waals surface area contributed by atoms with Gasteiger partial charge in [0.2, 0.25) is 0 Å². The molecule has 0 N–H and O–H groups in total. The van der Waals surface area contributed by atoms with Crippen LogP contribution in [0.3, 0.4) is 0 Å². The van der Waals surface area contributed by atoms with Crippen molar-refractivity contribution in [3.8, 4) is 0 Å². The largest absolute Gasteiger partial charge is 0.465 e. The summed E-state index contributed by atoms with van der Waals surface area (Å²) < 4.78 is 9.57. The molecule has 0 aromatic heterocycles. The lowest BCUT2D eigenvalue weighted by Crippen LogP contribution is -2.34. The van der Waals surface area contributed by atoms with Gasteiger partial charge in [0.15, 0.2) is 6.61 Å². The molecule has 150 valence electrons. The minimum atomic E-state index is -0.934. The Morgan fingerprint density at radius 3 is 2.36 bits per heavy atom. The van der Waals surface area contributed by atoms with Gasteiger partial charge in [-0.25, -0.2) is 9.59 Å². The molecular formula is C19H22N2O7. The number of hydrogen-bond acceptors (Lipinski definition) is 7. The van der Waals surface area contributed by atoms with Gasteiger partial charge in [0.05, 0.1) is 23.2 Å². The predicted molar refractivity (Wildman–Crippen MR) is 98.7 cm³/mol. The van der Waals surface area contributed by atoms with E-state index in [0.717, 1.165) is 56.7 Å². The van der Waals surface area contributed by atoms with E-state index in [1.165, 1.54) is 0 Å². The van der Waals surface area contributed by atoms with Gasteiger partial charge in [-0.05, 0) is 38.7 Å². The number of methoxy groups -OCH3 is 1. The lowest BCUT2D eigenvalue weighted by atomic mass is 10.0. The fourth-order valence-electron chi connectivity index (χ4n) is 2.96. The first-order chi connectivity index (χ1) is 13.4. The highest BCUT2D eigenvalue weighted by Gasteiger charge is 2.22. The summed E-state index contributed by atoms with van der Waals surface area (Å²) in [5, 5.41) is 11.0. The van der Waals surface area contributed by atoms with Crippen LogP contribution in [0.5, 0.6) is 0 Å². The maximum absolute atomic E-state index is 12.4. The molecule has 0 saturated carbocycles. The van der Waals surface area contributed by atoms with Gasteiger partial charge in [-0.3, -0.25) is 14.9 Å². The number of carbonyl (C=O) groups excluding carboxylic acids is 3. The van der Waals surface area contributed by atoms with Crippen LogP contribution >= 0.6 is 0 Å². The van der Waals surface area contributed by atoms with E-state index in [0.29, 0.717) is 6.54 Å². The Morgan fingerprint density at radius 2 is 1.82 bits per heavy atom. The van der Waals surface area contributed by atoms with E-state index in [1.807, 2.05) is 13.0 Å². The summed E-state index contributed by atoms with van der Waals surface area (Å²) in [6, 6.07) is 3.12. The summed E-state index contributed by atoms with van der Waals surface area (Å²) in [7, 11) is 1.12. The second-order valence-corrected chi connectivity index (χ2v) is 6.17. The van der Waals surface area contributed by atoms with E-state index in [4.69, 9.17) is 4.74 Å². The smallest absolute Gasteiger partial charge is 0.338 e. The van der Waals surface area contributed by atoms with Crippen LogP contribution in [0.15, 0.2) is 30.0 Å². The molecule has 1 aliphatic carbocycles. The van der Waals surface area contributed by atoms with E-state index in [9.17, 15) is 24.5 Å². The molecule has 28 heavy (non-hydrogen) atoms. The Kier molecular flexibility index (Phi) is 7.25. The molecule has 0 heterocycles. The Balaban J connectivity index is 2.12. The maximum atomic E-state index is 12.4. The van der Waals surface area contributed by atoms with Gasteiger partial charge in [0.1, 0.15) is 0 Å². The molecule has 9 nitrogen and oxygen atoms in total. The second kappa shape index (κ2) is 9.63. The number of non-ortho nitro benzene ring substituents is 1. The van der Waals surface area contributed by atoms with Gasteiger partial charge < -0.3 is 14.4 Å². The van der Waals surface area contributed by atoms with Crippen molar-refractivity contribution in [2.45, 2.75) is 32.6 Å². The maximum Gasteiger partial charge on any atom is 0.338 e. The van der Waals surface area contributed by atoms with E-state index in [2.05, 4.69) is 4.74 Å². The summed E-state index contributed by atoms with van der Waals surface area (Å²) >= 11 is 0. The molecule has 2 rings (SSSR count). The summed E-state index contributed by atoms with van der Waals surface area (Å²) in [5.74, 6) is -2.13. The molecule has 0 unspecified atom stereocenters. The number of benzene rings is 1. The number of nitro benzene ring substituents is 1. The fraction of sp³-hybridized carbons (Fsp3) is 0.421. The average Bonchev–Trinajstić information content (AvgIpc) is 2.72. The molecule has 1 amide bonds. The van der Waals surface area contributed by atoms with Crippen molar-refractivity contribution in [2.75, 3.05) is 20.3 Å². The Morgan fingerprint density at radius 1 is 1.14 bits per heavy atom. The van der Waals surface area contributed by atoms with Gasteiger partial charge in [-0.2, -0.15) is 0 Å². The first-order valence-electron chi connectivity index (χ1n) is 8.91. The fourth-order valence-corrected chi connectivity index (χ4v) is 2.96. The van der Waals surface area contributed by atoms with Crippen molar-refractivity contribution in [1.29, 1.82) is 0 Å². The van der Waals surface area contributed by atoms with Crippen LogP contribution in [0, 0.1) is 10.1 Å². The topological polar surface area (TPSA) is 116 Å². The zero-order chi connectivity index (χ0) is 20.7. The number of likely N-dealkylation sites (N-methyl/N-ethyl adjacent to an activating group) is 1. The first-order valence-corrected chi connectivity index (χ1v) is 8.91. The molecule has 9 heteroatoms. The summed E-state index contributed by atoms with van der Waals surface area (Å²) in [4.78, 5) is 48.3. The number of amides is 1. The number of rotatable bonds is 7. The van der Waals surface area contributed by atoms with Crippen LogP contribution in [0.2, 0.25) is 0 Å². The molecule has 1 aliphatic rings. The minimum Gasteiger partial charge on any atom is -0.465 e. The molecule has 0 atom stereocenters. The molecule has 1 aromatic rings. The number of nitrogens with zero attached hydrogens (tertiary/aromatic N) is 2. The van der Waals surface area contributed by atoms with Crippen molar-refractivity contribution < 1.29 is 28.8 Å². The SMILES string of the molecule is CCN(C(=O)COC(=O)c1cc(C(=O)OC)cc([N+](=O)[O-])c1)C1=CCCCC1. The third-order valence-corrected chi connectivity index (χ3v) is 4.34. The number of nitro groups is 1. The highest BCUT2D eigenvalue weighted by molar-refractivity contribution is 5.97. The molecule has 0 bridgehead atoms. The molecule has 1 aromatic carbocycles. The Labute approximate surface area is 162 Å². The Bertz CT molecular complexity index is 817. The van der Waals surface area contributed by atoms with E-state index in [-0.39, 0.29) is 17.0 Å². The first kappa shape index (κ1) is 21.1. The average molecular weight is 390 g/mol. The highest BCUT2D eigenvalue weighted by atomic mass is 16.6. The quantitative estimate of drug-likeness (QED) is 0.399. The van der Waals surface area contributed by atoms with Crippen LogP contribution in [0.4, 0.5) is 5.69 Å². The lowest BCUT2D eigenvalue weighted by Gasteiger charge is -2.26. The zero-order valence-electron chi connectivity index (χ0n) is 15.8. The standard InChI is InChI=1S/C19H22N2O7/c1-3-20(15-7-5-4-6-8-15)17(22)12-28-19(24)14-9-13(18(23)27-2)10-16(11-14)21(25)26/h7,9-11H,3-6,8,12H2,1-2H3. The predicted octanol–water partition coefficient (Wildman–Crippen LogP) is 2.84. The Hall–Kier alpha value is -3.23. The van der Waals surface area contributed by atoms with Crippen LogP contribution in [0.1, 0.15) is 53.3 Å². The second-order valence-electron chi connectivity index (χ2n) is 6.17. The summed E-state index contributed by atoms with van der Waals surface area (Å²) in [5.41, 5.74) is 0.0988. The van der Waals surface area contributed by atoms with E-state index < -0.39 is 29.2 Å². The van der Waals surface area contributed by atoms with Gasteiger partial charge in [-0.1, -0.05) is 6.08 Å². The zero-order valence-corrected chi connectivity index (χ0v) is 15.8.